The Morgan fingerprint density at radius 1 is 1.23 bits per heavy atom. The van der Waals surface area contributed by atoms with E-state index in [0.29, 0.717) is 12.8 Å². The van der Waals surface area contributed by atoms with Gasteiger partial charge in [-0.2, -0.15) is 13.2 Å². The third-order valence-corrected chi connectivity index (χ3v) is 4.22. The highest BCUT2D eigenvalue weighted by Gasteiger charge is 2.32. The lowest BCUT2D eigenvalue weighted by molar-refractivity contribution is -0.154. The summed E-state index contributed by atoms with van der Waals surface area (Å²) in [5.41, 5.74) is 0.178. The van der Waals surface area contributed by atoms with Crippen LogP contribution in [-0.4, -0.2) is 42.8 Å². The van der Waals surface area contributed by atoms with Gasteiger partial charge in [-0.15, -0.1) is 0 Å². The maximum atomic E-state index is 12.4. The van der Waals surface area contributed by atoms with Crippen LogP contribution in [0.15, 0.2) is 18.3 Å². The van der Waals surface area contributed by atoms with Crippen molar-refractivity contribution in [2.75, 3.05) is 13.7 Å². The van der Waals surface area contributed by atoms with Crippen LogP contribution in [0.2, 0.25) is 0 Å². The first-order valence-corrected chi connectivity index (χ1v) is 8.34. The predicted molar refractivity (Wildman–Crippen MR) is 85.6 cm³/mol. The Morgan fingerprint density at radius 2 is 1.96 bits per heavy atom. The fourth-order valence-corrected chi connectivity index (χ4v) is 2.92. The number of aromatic nitrogens is 1. The van der Waals surface area contributed by atoms with E-state index in [0.717, 1.165) is 25.5 Å². The SMILES string of the molecule is COC(=O)[C@H]1CCCCC[C@H]1NC(=O)c1ccc(OCC(F)(F)F)nc1. The number of alkyl halides is 3. The number of carbonyl (C=O) groups is 2. The topological polar surface area (TPSA) is 77.5 Å². The number of halogens is 3. The fourth-order valence-electron chi connectivity index (χ4n) is 2.92. The van der Waals surface area contributed by atoms with E-state index in [-0.39, 0.29) is 23.5 Å². The molecule has 1 heterocycles. The Kier molecular flexibility index (Phi) is 6.82. The summed E-state index contributed by atoms with van der Waals surface area (Å²) < 4.78 is 45.7. The number of carbonyl (C=O) groups excluding carboxylic acids is 2. The molecule has 9 heteroatoms. The molecule has 1 aliphatic carbocycles. The van der Waals surface area contributed by atoms with Crippen LogP contribution in [0.3, 0.4) is 0 Å². The average Bonchev–Trinajstić information content (AvgIpc) is 2.84. The van der Waals surface area contributed by atoms with E-state index in [1.807, 2.05) is 0 Å². The molecule has 0 spiro atoms. The highest BCUT2D eigenvalue weighted by Crippen LogP contribution is 2.25. The van der Waals surface area contributed by atoms with Gasteiger partial charge in [0, 0.05) is 18.3 Å². The van der Waals surface area contributed by atoms with Crippen molar-refractivity contribution in [3.05, 3.63) is 23.9 Å². The molecule has 6 nitrogen and oxygen atoms in total. The van der Waals surface area contributed by atoms with Crippen molar-refractivity contribution in [2.24, 2.45) is 5.92 Å². The Hall–Kier alpha value is -2.32. The Bertz CT molecular complexity index is 619. The molecule has 0 aromatic carbocycles. The molecule has 1 aromatic rings. The first kappa shape index (κ1) is 20.0. The third-order valence-electron chi connectivity index (χ3n) is 4.22. The van der Waals surface area contributed by atoms with Crippen LogP contribution in [0.1, 0.15) is 42.5 Å². The largest absolute Gasteiger partial charge is 0.469 e. The van der Waals surface area contributed by atoms with E-state index in [4.69, 9.17) is 4.74 Å². The summed E-state index contributed by atoms with van der Waals surface area (Å²) in [6.45, 7) is -1.45. The van der Waals surface area contributed by atoms with Gasteiger partial charge in [0.15, 0.2) is 6.61 Å². The van der Waals surface area contributed by atoms with Gasteiger partial charge in [0.2, 0.25) is 5.88 Å². The number of hydrogen-bond donors (Lipinski definition) is 1. The number of rotatable bonds is 5. The maximum absolute atomic E-state index is 12.4. The van der Waals surface area contributed by atoms with Crippen LogP contribution >= 0.6 is 0 Å². The molecule has 0 saturated heterocycles. The third kappa shape index (κ3) is 5.89. The molecular formula is C17H21F3N2O4. The van der Waals surface area contributed by atoms with Crippen molar-refractivity contribution < 1.29 is 32.2 Å². The average molecular weight is 374 g/mol. The van der Waals surface area contributed by atoms with Crippen LogP contribution in [0, 0.1) is 5.92 Å². The van der Waals surface area contributed by atoms with Gasteiger partial charge in [-0.05, 0) is 18.9 Å². The molecule has 0 radical (unpaired) electrons. The first-order valence-electron chi connectivity index (χ1n) is 8.34. The number of amides is 1. The predicted octanol–water partition coefficient (Wildman–Crippen LogP) is 2.87. The summed E-state index contributed by atoms with van der Waals surface area (Å²) in [6, 6.07) is 2.18. The fraction of sp³-hybridized carbons (Fsp3) is 0.588. The minimum Gasteiger partial charge on any atom is -0.469 e. The number of hydrogen-bond acceptors (Lipinski definition) is 5. The van der Waals surface area contributed by atoms with E-state index in [1.165, 1.54) is 19.2 Å². The van der Waals surface area contributed by atoms with E-state index in [2.05, 4.69) is 15.0 Å². The second-order valence-electron chi connectivity index (χ2n) is 6.14. The van der Waals surface area contributed by atoms with E-state index in [1.54, 1.807) is 0 Å². The zero-order valence-corrected chi connectivity index (χ0v) is 14.3. The number of pyridine rings is 1. The van der Waals surface area contributed by atoms with Crippen LogP contribution in [-0.2, 0) is 9.53 Å². The van der Waals surface area contributed by atoms with Crippen LogP contribution in [0.25, 0.3) is 0 Å². The number of esters is 1. The smallest absolute Gasteiger partial charge is 0.422 e. The lowest BCUT2D eigenvalue weighted by atomic mass is 9.94. The van der Waals surface area contributed by atoms with Gasteiger partial charge >= 0.3 is 12.1 Å². The van der Waals surface area contributed by atoms with E-state index < -0.39 is 24.6 Å². The molecule has 0 aliphatic heterocycles. The van der Waals surface area contributed by atoms with Gasteiger partial charge in [-0.3, -0.25) is 9.59 Å². The number of nitrogens with zero attached hydrogens (tertiary/aromatic N) is 1. The molecule has 1 aliphatic rings. The molecule has 0 unspecified atom stereocenters. The second kappa shape index (κ2) is 8.86. The van der Waals surface area contributed by atoms with Crippen molar-refractivity contribution >= 4 is 11.9 Å². The van der Waals surface area contributed by atoms with Gasteiger partial charge < -0.3 is 14.8 Å². The molecule has 1 aromatic heterocycles. The highest BCUT2D eigenvalue weighted by molar-refractivity contribution is 5.94. The zero-order chi connectivity index (χ0) is 19.2. The molecule has 1 N–H and O–H groups in total. The molecule has 1 amide bonds. The number of nitrogens with one attached hydrogen (secondary N) is 1. The summed E-state index contributed by atoms with van der Waals surface area (Å²) in [6.07, 6.45) is 0.739. The Labute approximate surface area is 149 Å². The zero-order valence-electron chi connectivity index (χ0n) is 14.3. The summed E-state index contributed by atoms with van der Waals surface area (Å²) in [5.74, 6) is -1.43. The van der Waals surface area contributed by atoms with Gasteiger partial charge in [0.05, 0.1) is 18.6 Å². The van der Waals surface area contributed by atoms with Gasteiger partial charge in [-0.25, -0.2) is 4.98 Å². The lowest BCUT2D eigenvalue weighted by Crippen LogP contribution is -2.43. The summed E-state index contributed by atoms with van der Waals surface area (Å²) in [4.78, 5) is 28.0. The Balaban J connectivity index is 2.00. The van der Waals surface area contributed by atoms with E-state index in [9.17, 15) is 22.8 Å². The summed E-state index contributed by atoms with van der Waals surface area (Å²) >= 11 is 0. The molecule has 0 bridgehead atoms. The maximum Gasteiger partial charge on any atom is 0.422 e. The molecule has 1 fully saturated rings. The molecular weight excluding hydrogens is 353 g/mol. The highest BCUT2D eigenvalue weighted by atomic mass is 19.4. The second-order valence-corrected chi connectivity index (χ2v) is 6.14. The van der Waals surface area contributed by atoms with Gasteiger partial charge in [-0.1, -0.05) is 19.3 Å². The summed E-state index contributed by atoms with van der Waals surface area (Å²) in [7, 11) is 1.32. The molecule has 2 rings (SSSR count). The minimum atomic E-state index is -4.46. The molecule has 2 atom stereocenters. The monoisotopic (exact) mass is 374 g/mol. The Morgan fingerprint density at radius 3 is 2.58 bits per heavy atom. The van der Waals surface area contributed by atoms with Crippen molar-refractivity contribution in [3.8, 4) is 5.88 Å². The molecule has 26 heavy (non-hydrogen) atoms. The lowest BCUT2D eigenvalue weighted by Gasteiger charge is -2.24. The molecule has 144 valence electrons. The van der Waals surface area contributed by atoms with E-state index >= 15 is 0 Å². The number of ether oxygens (including phenoxy) is 2. The van der Waals surface area contributed by atoms with Crippen molar-refractivity contribution in [2.45, 2.75) is 44.3 Å². The summed E-state index contributed by atoms with van der Waals surface area (Å²) in [5, 5.41) is 2.82. The minimum absolute atomic E-state index is 0.178. The van der Waals surface area contributed by atoms with Crippen molar-refractivity contribution in [1.29, 1.82) is 0 Å². The van der Waals surface area contributed by atoms with Crippen LogP contribution < -0.4 is 10.1 Å². The first-order chi connectivity index (χ1) is 12.3. The number of methoxy groups -OCH3 is 1. The van der Waals surface area contributed by atoms with Crippen molar-refractivity contribution in [3.63, 3.8) is 0 Å². The molecule has 1 saturated carbocycles. The van der Waals surface area contributed by atoms with Gasteiger partial charge in [0.25, 0.3) is 5.91 Å². The normalized spacial score (nSPS) is 20.8. The standard InChI is InChI=1S/C17H21F3N2O4/c1-25-16(24)12-5-3-2-4-6-13(12)22-15(23)11-7-8-14(21-9-11)26-10-17(18,19)20/h7-9,12-13H,2-6,10H2,1H3,(H,22,23)/t12-,13+/m0/s1. The van der Waals surface area contributed by atoms with Crippen LogP contribution in [0.4, 0.5) is 13.2 Å². The quantitative estimate of drug-likeness (QED) is 0.633. The van der Waals surface area contributed by atoms with Gasteiger partial charge in [0.1, 0.15) is 0 Å². The van der Waals surface area contributed by atoms with Crippen LogP contribution in [0.5, 0.6) is 5.88 Å². The van der Waals surface area contributed by atoms with Crippen molar-refractivity contribution in [1.82, 2.24) is 10.3 Å².